The van der Waals surface area contributed by atoms with Gasteiger partial charge < -0.3 is 14.8 Å². The lowest BCUT2D eigenvalue weighted by atomic mass is 9.86. The van der Waals surface area contributed by atoms with Crippen LogP contribution in [0.4, 0.5) is 5.69 Å². The Morgan fingerprint density at radius 1 is 1.07 bits per heavy atom. The Hall–Kier alpha value is -2.82. The van der Waals surface area contributed by atoms with Gasteiger partial charge in [-0.25, -0.2) is 4.79 Å². The maximum atomic E-state index is 12.4. The minimum absolute atomic E-state index is 0.101. The maximum Gasteiger partial charge on any atom is 0.340 e. The molecule has 0 bridgehead atoms. The first-order chi connectivity index (χ1) is 12.7. The smallest absolute Gasteiger partial charge is 0.340 e. The van der Waals surface area contributed by atoms with Crippen LogP contribution in [0.3, 0.4) is 0 Å². The number of esters is 1. The number of nitrogens with one attached hydrogen (secondary N) is 1. The van der Waals surface area contributed by atoms with Crippen molar-refractivity contribution in [3.8, 4) is 5.75 Å². The van der Waals surface area contributed by atoms with Gasteiger partial charge >= 0.3 is 5.97 Å². The highest BCUT2D eigenvalue weighted by atomic mass is 16.5. The van der Waals surface area contributed by atoms with Crippen LogP contribution in [0.5, 0.6) is 5.75 Å². The van der Waals surface area contributed by atoms with Crippen molar-refractivity contribution in [3.63, 3.8) is 0 Å². The Balaban J connectivity index is 2.11. The van der Waals surface area contributed by atoms with Crippen LogP contribution in [0.2, 0.25) is 0 Å². The number of carbonyl (C=O) groups excluding carboxylic acids is 2. The van der Waals surface area contributed by atoms with Gasteiger partial charge in [0.15, 0.2) is 6.61 Å². The second-order valence-electron chi connectivity index (χ2n) is 7.35. The molecule has 0 aliphatic carbocycles. The normalized spacial score (nSPS) is 11.0. The molecule has 0 fully saturated rings. The molecule has 144 valence electrons. The number of ether oxygens (including phenoxy) is 2. The van der Waals surface area contributed by atoms with Crippen molar-refractivity contribution in [2.45, 2.75) is 40.0 Å². The van der Waals surface area contributed by atoms with Gasteiger partial charge in [-0.3, -0.25) is 4.79 Å². The number of amides is 1. The van der Waals surface area contributed by atoms with E-state index in [0.717, 1.165) is 11.1 Å². The van der Waals surface area contributed by atoms with Gasteiger partial charge in [0.05, 0.1) is 17.9 Å². The maximum absolute atomic E-state index is 12.4. The Kier molecular flexibility index (Phi) is 6.61. The second kappa shape index (κ2) is 8.71. The van der Waals surface area contributed by atoms with Crippen molar-refractivity contribution >= 4 is 17.6 Å². The van der Waals surface area contributed by atoms with E-state index in [4.69, 9.17) is 9.47 Å². The topological polar surface area (TPSA) is 64.6 Å². The van der Waals surface area contributed by atoms with E-state index in [2.05, 4.69) is 26.1 Å². The predicted octanol–water partition coefficient (Wildman–Crippen LogP) is 4.49. The molecule has 1 amide bonds. The fraction of sp³-hybridized carbons (Fsp3) is 0.364. The summed E-state index contributed by atoms with van der Waals surface area (Å²) in [5.74, 6) is -0.118. The third kappa shape index (κ3) is 5.58. The first kappa shape index (κ1) is 20.5. The number of hydrogen-bond donors (Lipinski definition) is 1. The van der Waals surface area contributed by atoms with E-state index in [1.54, 1.807) is 31.2 Å². The van der Waals surface area contributed by atoms with Crippen LogP contribution in [0.15, 0.2) is 42.5 Å². The van der Waals surface area contributed by atoms with Crippen molar-refractivity contribution < 1.29 is 19.1 Å². The number of anilines is 1. The second-order valence-corrected chi connectivity index (χ2v) is 7.35. The Labute approximate surface area is 160 Å². The van der Waals surface area contributed by atoms with Crippen LogP contribution in [0.25, 0.3) is 0 Å². The Bertz CT molecular complexity index is 821. The van der Waals surface area contributed by atoms with E-state index in [0.29, 0.717) is 17.0 Å². The van der Waals surface area contributed by atoms with Crippen LogP contribution >= 0.6 is 0 Å². The zero-order chi connectivity index (χ0) is 20.0. The molecule has 2 aromatic carbocycles. The monoisotopic (exact) mass is 369 g/mol. The van der Waals surface area contributed by atoms with E-state index in [-0.39, 0.29) is 24.5 Å². The average molecular weight is 369 g/mol. The molecule has 0 aromatic heterocycles. The fourth-order valence-corrected chi connectivity index (χ4v) is 2.68. The first-order valence-corrected chi connectivity index (χ1v) is 9.02. The summed E-state index contributed by atoms with van der Waals surface area (Å²) >= 11 is 0. The summed E-state index contributed by atoms with van der Waals surface area (Å²) in [6.45, 7) is 10.1. The molecular formula is C22H27NO4. The molecule has 0 saturated carbocycles. The van der Waals surface area contributed by atoms with E-state index < -0.39 is 5.97 Å². The molecule has 0 unspecified atom stereocenters. The van der Waals surface area contributed by atoms with Gasteiger partial charge in [-0.1, -0.05) is 45.0 Å². The Morgan fingerprint density at radius 3 is 2.44 bits per heavy atom. The summed E-state index contributed by atoms with van der Waals surface area (Å²) in [5, 5.41) is 2.73. The molecule has 5 heteroatoms. The van der Waals surface area contributed by atoms with Gasteiger partial charge in [0.2, 0.25) is 0 Å². The summed E-state index contributed by atoms with van der Waals surface area (Å²) in [6, 6.07) is 12.7. The number of aryl methyl sites for hydroxylation is 1. The molecule has 0 spiro atoms. The number of hydrogen-bond acceptors (Lipinski definition) is 4. The van der Waals surface area contributed by atoms with Gasteiger partial charge in [0.1, 0.15) is 5.75 Å². The molecule has 0 radical (unpaired) electrons. The summed E-state index contributed by atoms with van der Waals surface area (Å²) in [6.07, 6.45) is 0. The molecule has 0 saturated heterocycles. The van der Waals surface area contributed by atoms with Crippen molar-refractivity contribution in [3.05, 3.63) is 59.2 Å². The lowest BCUT2D eigenvalue weighted by molar-refractivity contribution is -0.118. The quantitative estimate of drug-likeness (QED) is 0.762. The van der Waals surface area contributed by atoms with Crippen LogP contribution in [-0.2, 0) is 14.9 Å². The number of benzene rings is 2. The molecular weight excluding hydrogens is 342 g/mol. The molecule has 1 N–H and O–H groups in total. The molecule has 27 heavy (non-hydrogen) atoms. The van der Waals surface area contributed by atoms with Gasteiger partial charge in [-0.15, -0.1) is 0 Å². The molecule has 2 rings (SSSR count). The van der Waals surface area contributed by atoms with Gasteiger partial charge in [0, 0.05) is 0 Å². The summed E-state index contributed by atoms with van der Waals surface area (Å²) < 4.78 is 10.8. The predicted molar refractivity (Wildman–Crippen MR) is 106 cm³/mol. The summed E-state index contributed by atoms with van der Waals surface area (Å²) in [4.78, 5) is 24.4. The molecule has 0 aliphatic rings. The molecule has 0 atom stereocenters. The van der Waals surface area contributed by atoms with E-state index >= 15 is 0 Å². The van der Waals surface area contributed by atoms with Gasteiger partial charge in [-0.05, 0) is 48.6 Å². The highest BCUT2D eigenvalue weighted by Crippen LogP contribution is 2.32. The lowest BCUT2D eigenvalue weighted by Crippen LogP contribution is -2.23. The minimum Gasteiger partial charge on any atom is -0.483 e. The first-order valence-electron chi connectivity index (χ1n) is 9.02. The van der Waals surface area contributed by atoms with Crippen LogP contribution in [0.1, 0.15) is 49.2 Å². The van der Waals surface area contributed by atoms with Crippen LogP contribution < -0.4 is 10.1 Å². The van der Waals surface area contributed by atoms with Gasteiger partial charge in [0.25, 0.3) is 5.91 Å². The molecule has 0 aliphatic heterocycles. The van der Waals surface area contributed by atoms with E-state index in [9.17, 15) is 9.59 Å². The number of carbonyl (C=O) groups is 2. The third-order valence-corrected chi connectivity index (χ3v) is 4.00. The van der Waals surface area contributed by atoms with E-state index in [1.165, 1.54) is 0 Å². The fourth-order valence-electron chi connectivity index (χ4n) is 2.68. The van der Waals surface area contributed by atoms with Crippen LogP contribution in [-0.4, -0.2) is 25.1 Å². The van der Waals surface area contributed by atoms with Crippen molar-refractivity contribution in [1.29, 1.82) is 0 Å². The van der Waals surface area contributed by atoms with Crippen molar-refractivity contribution in [2.75, 3.05) is 18.5 Å². The Morgan fingerprint density at radius 2 is 1.78 bits per heavy atom. The largest absolute Gasteiger partial charge is 0.483 e. The molecule has 5 nitrogen and oxygen atoms in total. The minimum atomic E-state index is -0.469. The van der Waals surface area contributed by atoms with Crippen LogP contribution in [0, 0.1) is 6.92 Å². The lowest BCUT2D eigenvalue weighted by Gasteiger charge is -2.23. The van der Waals surface area contributed by atoms with E-state index in [1.807, 2.05) is 25.1 Å². The SMILES string of the molecule is CCOC(=O)c1ccccc1NC(=O)COc1cc(C)ccc1C(C)(C)C. The van der Waals surface area contributed by atoms with Crippen molar-refractivity contribution in [1.82, 2.24) is 0 Å². The average Bonchev–Trinajstić information content (AvgIpc) is 2.59. The summed E-state index contributed by atoms with van der Waals surface area (Å²) in [7, 11) is 0. The zero-order valence-electron chi connectivity index (χ0n) is 16.6. The molecule has 2 aromatic rings. The van der Waals surface area contributed by atoms with Gasteiger partial charge in [-0.2, -0.15) is 0 Å². The highest BCUT2D eigenvalue weighted by molar-refractivity contribution is 6.01. The zero-order valence-corrected chi connectivity index (χ0v) is 16.6. The number of rotatable bonds is 6. The van der Waals surface area contributed by atoms with Crippen molar-refractivity contribution in [2.24, 2.45) is 0 Å². The standard InChI is InChI=1S/C22H27NO4/c1-6-26-21(25)16-9-7-8-10-18(16)23-20(24)14-27-19-13-15(2)11-12-17(19)22(3,4)5/h7-13H,6,14H2,1-5H3,(H,23,24). The molecule has 0 heterocycles. The number of para-hydroxylation sites is 1. The highest BCUT2D eigenvalue weighted by Gasteiger charge is 2.20. The third-order valence-electron chi connectivity index (χ3n) is 4.00. The summed E-state index contributed by atoms with van der Waals surface area (Å²) in [5.41, 5.74) is 2.72.